The Bertz CT molecular complexity index is 524. The van der Waals surface area contributed by atoms with Crippen LogP contribution in [0.2, 0.25) is 0 Å². The number of carbonyl (C=O) groups is 3. The van der Waals surface area contributed by atoms with Gasteiger partial charge in [0.25, 0.3) is 0 Å². The third kappa shape index (κ3) is 19.2. The molecule has 0 rings (SSSR count). The van der Waals surface area contributed by atoms with Gasteiger partial charge < -0.3 is 42.6 Å². The maximum atomic E-state index is 12.7. The van der Waals surface area contributed by atoms with Crippen molar-refractivity contribution in [1.29, 1.82) is 0 Å². The van der Waals surface area contributed by atoms with E-state index >= 15 is 0 Å². The van der Waals surface area contributed by atoms with Crippen LogP contribution in [0.25, 0.3) is 0 Å². The number of carbonyl (C=O) groups excluding carboxylic acids is 2. The van der Waals surface area contributed by atoms with E-state index in [-0.39, 0.29) is 31.5 Å². The molecular weight excluding hydrogens is 428 g/mol. The van der Waals surface area contributed by atoms with E-state index in [1.54, 1.807) is 4.90 Å². The van der Waals surface area contributed by atoms with Gasteiger partial charge in [-0.15, -0.1) is 0 Å². The molecule has 0 saturated carbocycles. The summed E-state index contributed by atoms with van der Waals surface area (Å²) < 4.78 is 4.65. The minimum Gasteiger partial charge on any atom is -0.450 e. The smallest absolute Gasteiger partial charge is 0.450 e. The largest absolute Gasteiger partial charge is 0.505 e. The van der Waals surface area contributed by atoms with Crippen molar-refractivity contribution in [1.82, 2.24) is 15.5 Å². The first-order valence-electron chi connectivity index (χ1n) is 12.2. The Morgan fingerprint density at radius 2 is 1.45 bits per heavy atom. The zero-order valence-electron chi connectivity index (χ0n) is 20.1. The number of carboxylic acid groups (broad SMARTS) is 1. The van der Waals surface area contributed by atoms with Gasteiger partial charge in [0.05, 0.1) is 19.1 Å². The maximum Gasteiger partial charge on any atom is 0.505 e. The lowest BCUT2D eigenvalue weighted by atomic mass is 10.1. The molecule has 0 aliphatic carbocycles. The number of nitrogens with one attached hydrogen (secondary N) is 2. The molecule has 0 saturated heterocycles. The first kappa shape index (κ1) is 31.0. The Labute approximate surface area is 198 Å². The summed E-state index contributed by atoms with van der Waals surface area (Å²) in [6.45, 7) is 2.94. The van der Waals surface area contributed by atoms with Crippen molar-refractivity contribution in [3.05, 3.63) is 0 Å². The maximum absolute atomic E-state index is 12.7. The third-order valence-corrected chi connectivity index (χ3v) is 5.18. The van der Waals surface area contributed by atoms with Crippen molar-refractivity contribution in [2.75, 3.05) is 52.4 Å². The van der Waals surface area contributed by atoms with E-state index < -0.39 is 12.2 Å². The fraction of sp³-hybridized carbons (Fsp3) is 0.864. The summed E-state index contributed by atoms with van der Waals surface area (Å²) in [5.74, 6) is -0.470. The number of ether oxygens (including phenoxy) is 1. The standard InChI is InChI=1S/C22H46N6O5/c23-11-5-2-1-3-9-15-28(21(30)16-26-14-8-7-13-25)17-20(29)27-19(10-4-6-12-24)18-33-22(31)32/h19,26H,1-18,23-25H2,(H,27,29)(H,31,32)/t19-/m0/s1. The molecule has 1 atom stereocenters. The Balaban J connectivity index is 4.76. The Kier molecular flexibility index (Phi) is 20.6. The van der Waals surface area contributed by atoms with Crippen LogP contribution in [0.3, 0.4) is 0 Å². The third-order valence-electron chi connectivity index (χ3n) is 5.18. The summed E-state index contributed by atoms with van der Waals surface area (Å²) in [5.41, 5.74) is 16.5. The van der Waals surface area contributed by atoms with Gasteiger partial charge in [-0.2, -0.15) is 0 Å². The van der Waals surface area contributed by atoms with Gasteiger partial charge >= 0.3 is 6.16 Å². The van der Waals surface area contributed by atoms with Crippen molar-refractivity contribution in [2.45, 2.75) is 70.3 Å². The highest BCUT2D eigenvalue weighted by Gasteiger charge is 2.20. The van der Waals surface area contributed by atoms with Gasteiger partial charge in [-0.05, 0) is 64.7 Å². The molecule has 0 bridgehead atoms. The highest BCUT2D eigenvalue weighted by Crippen LogP contribution is 2.06. The summed E-state index contributed by atoms with van der Waals surface area (Å²) >= 11 is 0. The molecule has 0 heterocycles. The van der Waals surface area contributed by atoms with Crippen molar-refractivity contribution in [2.24, 2.45) is 17.2 Å². The SMILES string of the molecule is NCCCCCCCN(CC(=O)N[C@@H](CCCCN)COC(=O)O)C(=O)CNCCCCN. The van der Waals surface area contributed by atoms with Crippen molar-refractivity contribution in [3.8, 4) is 0 Å². The molecule has 0 aromatic carbocycles. The van der Waals surface area contributed by atoms with Crippen LogP contribution in [-0.2, 0) is 14.3 Å². The molecule has 194 valence electrons. The number of nitrogens with zero attached hydrogens (tertiary/aromatic N) is 1. The summed E-state index contributed by atoms with van der Waals surface area (Å²) in [4.78, 5) is 37.7. The number of hydrogen-bond acceptors (Lipinski definition) is 8. The van der Waals surface area contributed by atoms with Gasteiger partial charge in [-0.25, -0.2) is 4.79 Å². The number of hydrogen-bond donors (Lipinski definition) is 6. The van der Waals surface area contributed by atoms with E-state index in [1.807, 2.05) is 0 Å². The molecule has 9 N–H and O–H groups in total. The van der Waals surface area contributed by atoms with Crippen LogP contribution in [0, 0.1) is 0 Å². The van der Waals surface area contributed by atoms with Crippen LogP contribution >= 0.6 is 0 Å². The van der Waals surface area contributed by atoms with Crippen molar-refractivity contribution < 1.29 is 24.2 Å². The minimum absolute atomic E-state index is 0.0768. The van der Waals surface area contributed by atoms with E-state index in [0.29, 0.717) is 39.1 Å². The second kappa shape index (κ2) is 21.9. The van der Waals surface area contributed by atoms with Crippen molar-refractivity contribution >= 4 is 18.0 Å². The average Bonchev–Trinajstić information content (AvgIpc) is 2.78. The quantitative estimate of drug-likeness (QED) is 0.0951. The van der Waals surface area contributed by atoms with E-state index in [0.717, 1.165) is 57.8 Å². The fourth-order valence-electron chi connectivity index (χ4n) is 3.32. The Morgan fingerprint density at radius 3 is 2.12 bits per heavy atom. The lowest BCUT2D eigenvalue weighted by molar-refractivity contribution is -0.135. The van der Waals surface area contributed by atoms with Crippen LogP contribution < -0.4 is 27.8 Å². The molecule has 0 aromatic heterocycles. The van der Waals surface area contributed by atoms with E-state index in [1.165, 1.54) is 0 Å². The molecule has 11 heteroatoms. The van der Waals surface area contributed by atoms with Gasteiger partial charge in [-0.3, -0.25) is 9.59 Å². The first-order valence-corrected chi connectivity index (χ1v) is 12.2. The normalized spacial score (nSPS) is 11.7. The van der Waals surface area contributed by atoms with Gasteiger partial charge in [0.2, 0.25) is 11.8 Å². The van der Waals surface area contributed by atoms with E-state index in [2.05, 4.69) is 15.4 Å². The van der Waals surface area contributed by atoms with Gasteiger partial charge in [0.1, 0.15) is 6.61 Å². The molecule has 0 aliphatic heterocycles. The molecule has 0 unspecified atom stereocenters. The van der Waals surface area contributed by atoms with Crippen LogP contribution in [-0.4, -0.2) is 86.4 Å². The number of unbranched alkanes of at least 4 members (excludes halogenated alkanes) is 6. The van der Waals surface area contributed by atoms with Gasteiger partial charge in [0.15, 0.2) is 0 Å². The van der Waals surface area contributed by atoms with Crippen LogP contribution in [0.4, 0.5) is 4.79 Å². The molecule has 0 spiro atoms. The highest BCUT2D eigenvalue weighted by atomic mass is 16.7. The molecule has 2 amide bonds. The average molecular weight is 475 g/mol. The summed E-state index contributed by atoms with van der Waals surface area (Å²) in [6.07, 6.45) is 7.30. The Morgan fingerprint density at radius 1 is 0.848 bits per heavy atom. The molecule has 11 nitrogen and oxygen atoms in total. The zero-order chi connectivity index (χ0) is 24.7. The van der Waals surface area contributed by atoms with E-state index in [9.17, 15) is 14.4 Å². The van der Waals surface area contributed by atoms with Crippen LogP contribution in [0.1, 0.15) is 64.2 Å². The monoisotopic (exact) mass is 474 g/mol. The molecular formula is C22H46N6O5. The van der Waals surface area contributed by atoms with Crippen LogP contribution in [0.15, 0.2) is 0 Å². The zero-order valence-corrected chi connectivity index (χ0v) is 20.1. The molecule has 0 fully saturated rings. The molecule has 0 aromatic rings. The molecule has 0 radical (unpaired) electrons. The number of rotatable bonds is 22. The lowest BCUT2D eigenvalue weighted by Gasteiger charge is -2.24. The fourth-order valence-corrected chi connectivity index (χ4v) is 3.32. The second-order valence-corrected chi connectivity index (χ2v) is 8.17. The topological polar surface area (TPSA) is 186 Å². The van der Waals surface area contributed by atoms with Gasteiger partial charge in [0, 0.05) is 6.54 Å². The Hall–Kier alpha value is -1.95. The predicted octanol–water partition coefficient (Wildman–Crippen LogP) is 0.361. The summed E-state index contributed by atoms with van der Waals surface area (Å²) in [5, 5.41) is 14.7. The van der Waals surface area contributed by atoms with Crippen molar-refractivity contribution in [3.63, 3.8) is 0 Å². The predicted molar refractivity (Wildman–Crippen MR) is 129 cm³/mol. The van der Waals surface area contributed by atoms with Crippen LogP contribution in [0.5, 0.6) is 0 Å². The summed E-state index contributed by atoms with van der Waals surface area (Å²) in [7, 11) is 0. The number of nitrogens with two attached hydrogens (primary N) is 3. The summed E-state index contributed by atoms with van der Waals surface area (Å²) in [6, 6.07) is -0.456. The highest BCUT2D eigenvalue weighted by molar-refractivity contribution is 5.85. The molecule has 0 aliphatic rings. The minimum atomic E-state index is -1.39. The molecule has 33 heavy (non-hydrogen) atoms. The number of amides is 2. The van der Waals surface area contributed by atoms with Gasteiger partial charge in [-0.1, -0.05) is 25.7 Å². The van der Waals surface area contributed by atoms with E-state index in [4.69, 9.17) is 22.3 Å². The first-order chi connectivity index (χ1) is 15.9. The second-order valence-electron chi connectivity index (χ2n) is 8.17. The lowest BCUT2D eigenvalue weighted by Crippen LogP contribution is -2.48.